The van der Waals surface area contributed by atoms with Crippen molar-refractivity contribution in [1.82, 2.24) is 0 Å². The summed E-state index contributed by atoms with van der Waals surface area (Å²) in [7, 11) is 1.87. The van der Waals surface area contributed by atoms with E-state index in [1.807, 2.05) is 50.9 Å². The first kappa shape index (κ1) is 16.1. The van der Waals surface area contributed by atoms with Crippen molar-refractivity contribution >= 4 is 23.4 Å². The number of hydrogen-bond donors (Lipinski definition) is 0. The SMILES string of the molecule is CCC(CC)Sc1ccccc1N(C)C(=O)C(C)C. The van der Waals surface area contributed by atoms with Crippen LogP contribution in [-0.4, -0.2) is 18.2 Å². The Balaban J connectivity index is 2.98. The highest BCUT2D eigenvalue weighted by atomic mass is 32.2. The quantitative estimate of drug-likeness (QED) is 0.710. The summed E-state index contributed by atoms with van der Waals surface area (Å²) < 4.78 is 0. The molecule has 0 aliphatic heterocycles. The Bertz CT molecular complexity index is 413. The molecule has 106 valence electrons. The summed E-state index contributed by atoms with van der Waals surface area (Å²) in [5.41, 5.74) is 1.03. The fourth-order valence-electron chi connectivity index (χ4n) is 1.97. The highest BCUT2D eigenvalue weighted by Crippen LogP contribution is 2.35. The fraction of sp³-hybridized carbons (Fsp3) is 0.562. The van der Waals surface area contributed by atoms with E-state index in [0.717, 1.165) is 18.5 Å². The van der Waals surface area contributed by atoms with Gasteiger partial charge in [0.1, 0.15) is 0 Å². The van der Waals surface area contributed by atoms with E-state index in [0.29, 0.717) is 5.25 Å². The molecule has 0 aliphatic carbocycles. The zero-order valence-electron chi connectivity index (χ0n) is 12.6. The maximum atomic E-state index is 12.1. The average molecular weight is 279 g/mol. The third-order valence-corrected chi connectivity index (χ3v) is 4.85. The van der Waals surface area contributed by atoms with Crippen LogP contribution in [0.1, 0.15) is 40.5 Å². The van der Waals surface area contributed by atoms with Crippen molar-refractivity contribution in [2.75, 3.05) is 11.9 Å². The smallest absolute Gasteiger partial charge is 0.229 e. The summed E-state index contributed by atoms with van der Waals surface area (Å²) in [6, 6.07) is 8.19. The maximum absolute atomic E-state index is 12.1. The van der Waals surface area contributed by atoms with E-state index in [1.165, 1.54) is 4.90 Å². The third-order valence-electron chi connectivity index (χ3n) is 3.26. The largest absolute Gasteiger partial charge is 0.314 e. The van der Waals surface area contributed by atoms with Gasteiger partial charge in [0, 0.05) is 23.1 Å². The molecule has 0 saturated heterocycles. The minimum absolute atomic E-state index is 0.0243. The first-order valence-corrected chi connectivity index (χ1v) is 7.92. The second-order valence-corrected chi connectivity index (χ2v) is 6.42. The lowest BCUT2D eigenvalue weighted by molar-refractivity contribution is -0.121. The van der Waals surface area contributed by atoms with Crippen LogP contribution in [0.25, 0.3) is 0 Å². The van der Waals surface area contributed by atoms with E-state index < -0.39 is 0 Å². The van der Waals surface area contributed by atoms with E-state index in [4.69, 9.17) is 0 Å². The summed E-state index contributed by atoms with van der Waals surface area (Å²) in [6.07, 6.45) is 2.30. The first-order valence-electron chi connectivity index (χ1n) is 7.04. The highest BCUT2D eigenvalue weighted by molar-refractivity contribution is 8.00. The number of nitrogens with zero attached hydrogens (tertiary/aromatic N) is 1. The number of anilines is 1. The highest BCUT2D eigenvalue weighted by Gasteiger charge is 2.18. The Kier molecular flexibility index (Phi) is 6.43. The van der Waals surface area contributed by atoms with Crippen LogP contribution >= 0.6 is 11.8 Å². The summed E-state index contributed by atoms with van der Waals surface area (Å²) in [5, 5.41) is 0.615. The van der Waals surface area contributed by atoms with Crippen LogP contribution in [0, 0.1) is 5.92 Å². The molecule has 1 rings (SSSR count). The second kappa shape index (κ2) is 7.59. The molecule has 0 heterocycles. The Hall–Kier alpha value is -0.960. The van der Waals surface area contributed by atoms with Gasteiger partial charge in [-0.1, -0.05) is 39.8 Å². The molecule has 1 amide bonds. The lowest BCUT2D eigenvalue weighted by atomic mass is 10.2. The molecule has 0 atom stereocenters. The molecule has 0 spiro atoms. The van der Waals surface area contributed by atoms with Gasteiger partial charge in [-0.2, -0.15) is 0 Å². The monoisotopic (exact) mass is 279 g/mol. The van der Waals surface area contributed by atoms with Gasteiger partial charge in [0.2, 0.25) is 5.91 Å². The number of carbonyl (C=O) groups excluding carboxylic acids is 1. The maximum Gasteiger partial charge on any atom is 0.229 e. The van der Waals surface area contributed by atoms with Crippen molar-refractivity contribution in [3.05, 3.63) is 24.3 Å². The van der Waals surface area contributed by atoms with E-state index in [-0.39, 0.29) is 11.8 Å². The molecule has 1 aromatic carbocycles. The summed E-state index contributed by atoms with van der Waals surface area (Å²) in [6.45, 7) is 8.31. The zero-order chi connectivity index (χ0) is 14.4. The molecule has 0 radical (unpaired) electrons. The minimum atomic E-state index is 0.0243. The van der Waals surface area contributed by atoms with Crippen LogP contribution in [0.4, 0.5) is 5.69 Å². The van der Waals surface area contributed by atoms with Gasteiger partial charge in [0.15, 0.2) is 0 Å². The van der Waals surface area contributed by atoms with E-state index in [2.05, 4.69) is 19.9 Å². The number of para-hydroxylation sites is 1. The first-order chi connectivity index (χ1) is 9.01. The Morgan fingerprint density at radius 3 is 2.32 bits per heavy atom. The molecule has 0 bridgehead atoms. The lowest BCUT2D eigenvalue weighted by Gasteiger charge is -2.23. The Morgan fingerprint density at radius 1 is 1.21 bits per heavy atom. The van der Waals surface area contributed by atoms with Gasteiger partial charge in [0.25, 0.3) is 0 Å². The fourth-order valence-corrected chi connectivity index (χ4v) is 3.15. The van der Waals surface area contributed by atoms with Crippen LogP contribution in [0.15, 0.2) is 29.2 Å². The van der Waals surface area contributed by atoms with Crippen LogP contribution in [0.3, 0.4) is 0 Å². The molecule has 3 heteroatoms. The van der Waals surface area contributed by atoms with E-state index >= 15 is 0 Å². The Labute approximate surface area is 121 Å². The third kappa shape index (κ3) is 4.27. The molecular formula is C16H25NOS. The number of carbonyl (C=O) groups is 1. The van der Waals surface area contributed by atoms with Gasteiger partial charge in [0.05, 0.1) is 5.69 Å². The van der Waals surface area contributed by atoms with Gasteiger partial charge < -0.3 is 4.90 Å². The molecule has 1 aromatic rings. The zero-order valence-corrected chi connectivity index (χ0v) is 13.5. The topological polar surface area (TPSA) is 20.3 Å². The van der Waals surface area contributed by atoms with Gasteiger partial charge in [-0.3, -0.25) is 4.79 Å². The molecule has 19 heavy (non-hydrogen) atoms. The molecule has 0 fully saturated rings. The Morgan fingerprint density at radius 2 is 1.79 bits per heavy atom. The van der Waals surface area contributed by atoms with Crippen LogP contribution in [0.5, 0.6) is 0 Å². The number of hydrogen-bond acceptors (Lipinski definition) is 2. The van der Waals surface area contributed by atoms with Gasteiger partial charge >= 0.3 is 0 Å². The number of benzene rings is 1. The minimum Gasteiger partial charge on any atom is -0.314 e. The van der Waals surface area contributed by atoms with Crippen molar-refractivity contribution in [1.29, 1.82) is 0 Å². The molecular weight excluding hydrogens is 254 g/mol. The summed E-state index contributed by atoms with van der Waals surface area (Å²) in [5.74, 6) is 0.189. The van der Waals surface area contributed by atoms with Crippen LogP contribution in [-0.2, 0) is 4.79 Å². The summed E-state index contributed by atoms with van der Waals surface area (Å²) in [4.78, 5) is 15.1. The standard InChI is InChI=1S/C16H25NOS/c1-6-13(7-2)19-15-11-9-8-10-14(15)17(5)16(18)12(3)4/h8-13H,6-7H2,1-5H3. The van der Waals surface area contributed by atoms with E-state index in [9.17, 15) is 4.79 Å². The summed E-state index contributed by atoms with van der Waals surface area (Å²) >= 11 is 1.88. The molecule has 0 saturated carbocycles. The van der Waals surface area contributed by atoms with Crippen molar-refractivity contribution in [3.63, 3.8) is 0 Å². The molecule has 0 aliphatic rings. The molecule has 2 nitrogen and oxygen atoms in total. The van der Waals surface area contributed by atoms with Crippen molar-refractivity contribution in [3.8, 4) is 0 Å². The average Bonchev–Trinajstić information content (AvgIpc) is 2.43. The lowest BCUT2D eigenvalue weighted by Crippen LogP contribution is -2.30. The van der Waals surface area contributed by atoms with Crippen LogP contribution < -0.4 is 4.90 Å². The predicted octanol–water partition coefficient (Wildman–Crippen LogP) is 4.59. The predicted molar refractivity (Wildman–Crippen MR) is 84.9 cm³/mol. The molecule has 0 unspecified atom stereocenters. The van der Waals surface area contributed by atoms with Crippen molar-refractivity contribution < 1.29 is 4.79 Å². The van der Waals surface area contributed by atoms with Gasteiger partial charge in [-0.05, 0) is 25.0 Å². The number of thioether (sulfide) groups is 1. The van der Waals surface area contributed by atoms with Crippen molar-refractivity contribution in [2.45, 2.75) is 50.7 Å². The number of rotatable bonds is 6. The molecule has 0 N–H and O–H groups in total. The molecule has 0 aromatic heterocycles. The van der Waals surface area contributed by atoms with Gasteiger partial charge in [-0.15, -0.1) is 11.8 Å². The van der Waals surface area contributed by atoms with Gasteiger partial charge in [-0.25, -0.2) is 0 Å². The van der Waals surface area contributed by atoms with Crippen molar-refractivity contribution in [2.24, 2.45) is 5.92 Å². The number of amides is 1. The second-order valence-electron chi connectivity index (χ2n) is 5.08. The van der Waals surface area contributed by atoms with Crippen LogP contribution in [0.2, 0.25) is 0 Å². The normalized spacial score (nSPS) is 11.1. The van der Waals surface area contributed by atoms with E-state index in [1.54, 1.807) is 4.90 Å².